The minimum atomic E-state index is 0.163. The summed E-state index contributed by atoms with van der Waals surface area (Å²) in [4.78, 5) is 13.8. The topological polar surface area (TPSA) is 50.8 Å². The van der Waals surface area contributed by atoms with Gasteiger partial charge in [0.05, 0.1) is 19.8 Å². The number of ether oxygens (including phenoxy) is 2. The van der Waals surface area contributed by atoms with Crippen molar-refractivity contribution in [1.82, 2.24) is 10.2 Å². The first-order valence-corrected chi connectivity index (χ1v) is 5.77. The Hall–Kier alpha value is -0.650. The van der Waals surface area contributed by atoms with Crippen LogP contribution in [-0.2, 0) is 14.3 Å². The van der Waals surface area contributed by atoms with Gasteiger partial charge in [-0.15, -0.1) is 0 Å². The number of hydrogen-bond donors (Lipinski definition) is 1. The lowest BCUT2D eigenvalue weighted by Gasteiger charge is -2.22. The van der Waals surface area contributed by atoms with Gasteiger partial charge in [0, 0.05) is 33.4 Å². The van der Waals surface area contributed by atoms with Crippen molar-refractivity contribution in [2.24, 2.45) is 0 Å². The summed E-state index contributed by atoms with van der Waals surface area (Å²) in [5, 5.41) is 3.07. The van der Waals surface area contributed by atoms with Gasteiger partial charge < -0.3 is 19.7 Å². The van der Waals surface area contributed by atoms with E-state index in [1.165, 1.54) is 0 Å². The Bertz CT molecular complexity index is 207. The first-order chi connectivity index (χ1) is 7.79. The summed E-state index contributed by atoms with van der Waals surface area (Å²) in [7, 11) is 3.31. The third kappa shape index (κ3) is 4.92. The molecule has 1 aliphatic rings. The first kappa shape index (κ1) is 13.4. The molecular weight excluding hydrogens is 208 g/mol. The minimum Gasteiger partial charge on any atom is -0.383 e. The average Bonchev–Trinajstić information content (AvgIpc) is 3.09. The molecule has 5 nitrogen and oxygen atoms in total. The molecule has 0 aromatic rings. The van der Waals surface area contributed by atoms with Gasteiger partial charge >= 0.3 is 0 Å². The molecule has 94 valence electrons. The summed E-state index contributed by atoms with van der Waals surface area (Å²) in [6, 6.07) is 0.451. The Morgan fingerprint density at radius 1 is 1.31 bits per heavy atom. The standard InChI is InChI=1S/C11H22N2O3/c1-15-7-5-12-9-11(14)13(6-8-16-2)10-3-4-10/h10,12H,3-9H2,1-2H3. The number of hydrogen-bond acceptors (Lipinski definition) is 4. The molecule has 1 aliphatic carbocycles. The lowest BCUT2D eigenvalue weighted by molar-refractivity contribution is -0.131. The Labute approximate surface area is 97.1 Å². The Balaban J connectivity index is 2.19. The monoisotopic (exact) mass is 230 g/mol. The van der Waals surface area contributed by atoms with Crippen LogP contribution < -0.4 is 5.32 Å². The molecule has 0 heterocycles. The van der Waals surface area contributed by atoms with Crippen LogP contribution in [0.15, 0.2) is 0 Å². The predicted molar refractivity (Wildman–Crippen MR) is 61.4 cm³/mol. The van der Waals surface area contributed by atoms with E-state index in [0.717, 1.165) is 12.8 Å². The van der Waals surface area contributed by atoms with Gasteiger partial charge in [-0.05, 0) is 12.8 Å². The van der Waals surface area contributed by atoms with Crippen LogP contribution in [0.5, 0.6) is 0 Å². The Kier molecular flexibility index (Phi) is 6.37. The maximum absolute atomic E-state index is 11.9. The molecule has 0 aliphatic heterocycles. The van der Waals surface area contributed by atoms with Gasteiger partial charge in [0.15, 0.2) is 0 Å². The van der Waals surface area contributed by atoms with Crippen LogP contribution in [0.4, 0.5) is 0 Å². The number of amides is 1. The van der Waals surface area contributed by atoms with E-state index in [4.69, 9.17) is 9.47 Å². The largest absolute Gasteiger partial charge is 0.383 e. The third-order valence-corrected chi connectivity index (χ3v) is 2.60. The fraction of sp³-hybridized carbons (Fsp3) is 0.909. The van der Waals surface area contributed by atoms with Crippen LogP contribution in [0.3, 0.4) is 0 Å². The van der Waals surface area contributed by atoms with Crippen molar-refractivity contribution in [3.8, 4) is 0 Å². The number of carbonyl (C=O) groups excluding carboxylic acids is 1. The molecule has 0 aromatic carbocycles. The Morgan fingerprint density at radius 2 is 2.00 bits per heavy atom. The summed E-state index contributed by atoms with van der Waals surface area (Å²) in [5.74, 6) is 0.163. The van der Waals surface area contributed by atoms with Gasteiger partial charge in [0.2, 0.25) is 5.91 Å². The summed E-state index contributed by atoms with van der Waals surface area (Å²) < 4.78 is 9.91. The second kappa shape index (κ2) is 7.60. The zero-order valence-electron chi connectivity index (χ0n) is 10.2. The van der Waals surface area contributed by atoms with E-state index < -0.39 is 0 Å². The molecule has 1 rings (SSSR count). The van der Waals surface area contributed by atoms with Gasteiger partial charge in [-0.3, -0.25) is 4.79 Å². The van der Waals surface area contributed by atoms with Crippen LogP contribution in [0.1, 0.15) is 12.8 Å². The maximum Gasteiger partial charge on any atom is 0.236 e. The number of methoxy groups -OCH3 is 2. The highest BCUT2D eigenvalue weighted by Gasteiger charge is 2.31. The van der Waals surface area contributed by atoms with Gasteiger partial charge in [-0.1, -0.05) is 0 Å². The lowest BCUT2D eigenvalue weighted by atomic mass is 10.4. The summed E-state index contributed by atoms with van der Waals surface area (Å²) in [6.45, 7) is 3.05. The van der Waals surface area contributed by atoms with Crippen molar-refractivity contribution in [1.29, 1.82) is 0 Å². The van der Waals surface area contributed by atoms with E-state index >= 15 is 0 Å². The van der Waals surface area contributed by atoms with Crippen LogP contribution in [0.25, 0.3) is 0 Å². The highest BCUT2D eigenvalue weighted by atomic mass is 16.5. The molecule has 16 heavy (non-hydrogen) atoms. The van der Waals surface area contributed by atoms with Crippen molar-refractivity contribution >= 4 is 5.91 Å². The van der Waals surface area contributed by atoms with E-state index in [9.17, 15) is 4.79 Å². The molecule has 0 aromatic heterocycles. The normalized spacial score (nSPS) is 15.1. The van der Waals surface area contributed by atoms with Crippen molar-refractivity contribution in [2.45, 2.75) is 18.9 Å². The highest BCUT2D eigenvalue weighted by Crippen LogP contribution is 2.26. The molecule has 0 atom stereocenters. The molecule has 1 saturated carbocycles. The van der Waals surface area contributed by atoms with E-state index in [1.54, 1.807) is 14.2 Å². The van der Waals surface area contributed by atoms with Crippen LogP contribution in [0.2, 0.25) is 0 Å². The smallest absolute Gasteiger partial charge is 0.236 e. The predicted octanol–water partition coefficient (Wildman–Crippen LogP) is -0.140. The number of nitrogens with zero attached hydrogens (tertiary/aromatic N) is 1. The van der Waals surface area contributed by atoms with Gasteiger partial charge in [-0.2, -0.15) is 0 Å². The fourth-order valence-electron chi connectivity index (χ4n) is 1.56. The van der Waals surface area contributed by atoms with E-state index in [-0.39, 0.29) is 5.91 Å². The van der Waals surface area contributed by atoms with Crippen molar-refractivity contribution in [3.05, 3.63) is 0 Å². The van der Waals surface area contributed by atoms with Crippen molar-refractivity contribution in [2.75, 3.05) is 47.1 Å². The van der Waals surface area contributed by atoms with Crippen LogP contribution >= 0.6 is 0 Å². The minimum absolute atomic E-state index is 0.163. The maximum atomic E-state index is 11.9. The molecule has 0 spiro atoms. The van der Waals surface area contributed by atoms with Crippen molar-refractivity contribution in [3.63, 3.8) is 0 Å². The molecule has 1 fully saturated rings. The fourth-order valence-corrected chi connectivity index (χ4v) is 1.56. The molecular formula is C11H22N2O3. The van der Waals surface area contributed by atoms with E-state index in [1.807, 2.05) is 4.90 Å². The summed E-state index contributed by atoms with van der Waals surface area (Å²) in [6.07, 6.45) is 2.26. The number of carbonyl (C=O) groups is 1. The quantitative estimate of drug-likeness (QED) is 0.560. The zero-order valence-corrected chi connectivity index (χ0v) is 10.2. The van der Waals surface area contributed by atoms with Gasteiger partial charge in [0.25, 0.3) is 0 Å². The molecule has 1 N–H and O–H groups in total. The van der Waals surface area contributed by atoms with E-state index in [0.29, 0.717) is 38.9 Å². The molecule has 0 radical (unpaired) electrons. The molecule has 0 unspecified atom stereocenters. The molecule has 0 saturated heterocycles. The second-order valence-electron chi connectivity index (χ2n) is 3.98. The van der Waals surface area contributed by atoms with E-state index in [2.05, 4.69) is 5.32 Å². The first-order valence-electron chi connectivity index (χ1n) is 5.77. The molecule has 5 heteroatoms. The zero-order chi connectivity index (χ0) is 11.8. The Morgan fingerprint density at radius 3 is 2.56 bits per heavy atom. The van der Waals surface area contributed by atoms with Crippen LogP contribution in [0, 0.1) is 0 Å². The van der Waals surface area contributed by atoms with Gasteiger partial charge in [0.1, 0.15) is 0 Å². The second-order valence-corrected chi connectivity index (χ2v) is 3.98. The van der Waals surface area contributed by atoms with Gasteiger partial charge in [-0.25, -0.2) is 0 Å². The summed E-state index contributed by atoms with van der Waals surface area (Å²) in [5.41, 5.74) is 0. The number of nitrogens with one attached hydrogen (secondary N) is 1. The average molecular weight is 230 g/mol. The highest BCUT2D eigenvalue weighted by molar-refractivity contribution is 5.78. The third-order valence-electron chi connectivity index (χ3n) is 2.60. The summed E-state index contributed by atoms with van der Waals surface area (Å²) >= 11 is 0. The molecule has 1 amide bonds. The number of rotatable bonds is 9. The van der Waals surface area contributed by atoms with Crippen molar-refractivity contribution < 1.29 is 14.3 Å². The molecule has 0 bridgehead atoms. The lowest BCUT2D eigenvalue weighted by Crippen LogP contribution is -2.42. The van der Waals surface area contributed by atoms with Crippen LogP contribution in [-0.4, -0.2) is 63.9 Å². The SMILES string of the molecule is COCCNCC(=O)N(CCOC)C1CC1.